The van der Waals surface area contributed by atoms with Gasteiger partial charge >= 0.3 is 0 Å². The highest BCUT2D eigenvalue weighted by molar-refractivity contribution is 7.80. The van der Waals surface area contributed by atoms with Gasteiger partial charge in [-0.25, -0.2) is 0 Å². The maximum atomic E-state index is 12.7. The third-order valence-corrected chi connectivity index (χ3v) is 5.44. The number of carbonyl (C=O) groups excluding carboxylic acids is 1. The van der Waals surface area contributed by atoms with Crippen LogP contribution in [0.1, 0.15) is 35.7 Å². The van der Waals surface area contributed by atoms with Gasteiger partial charge in [-0.2, -0.15) is 0 Å². The Hall–Kier alpha value is -2.48. The first kappa shape index (κ1) is 23.2. The molecule has 31 heavy (non-hydrogen) atoms. The number of nitrogens with one attached hydrogen (secondary N) is 2. The lowest BCUT2D eigenvalue weighted by Crippen LogP contribution is -2.48. The maximum Gasteiger partial charge on any atom is 0.261 e. The molecule has 6 nitrogen and oxygen atoms in total. The molecule has 1 aliphatic heterocycles. The van der Waals surface area contributed by atoms with Gasteiger partial charge in [0.05, 0.1) is 12.2 Å². The Balaban J connectivity index is 1.43. The number of hydrogen-bond acceptors (Lipinski definition) is 5. The van der Waals surface area contributed by atoms with Crippen molar-refractivity contribution in [3.8, 4) is 5.75 Å². The van der Waals surface area contributed by atoms with Crippen molar-refractivity contribution in [2.45, 2.75) is 32.4 Å². The van der Waals surface area contributed by atoms with Crippen LogP contribution in [-0.2, 0) is 11.3 Å². The van der Waals surface area contributed by atoms with Gasteiger partial charge in [-0.15, -0.1) is 0 Å². The summed E-state index contributed by atoms with van der Waals surface area (Å²) >= 11 is 5.39. The molecule has 7 heteroatoms. The van der Waals surface area contributed by atoms with Crippen LogP contribution < -0.4 is 15.4 Å². The first-order valence-electron chi connectivity index (χ1n) is 10.8. The number of carbonyl (C=O) groups is 1. The molecule has 166 valence electrons. The Labute approximate surface area is 189 Å². The van der Waals surface area contributed by atoms with E-state index >= 15 is 0 Å². The van der Waals surface area contributed by atoms with E-state index < -0.39 is 0 Å². The lowest BCUT2D eigenvalue weighted by Gasteiger charge is -2.32. The van der Waals surface area contributed by atoms with Crippen LogP contribution in [0.5, 0.6) is 5.75 Å². The zero-order chi connectivity index (χ0) is 21.9. The minimum Gasteiger partial charge on any atom is -0.490 e. The molecule has 2 N–H and O–H groups in total. The van der Waals surface area contributed by atoms with Crippen LogP contribution in [0.2, 0.25) is 0 Å². The average molecular weight is 442 g/mol. The Bertz CT molecular complexity index is 839. The quantitative estimate of drug-likeness (QED) is 0.460. The summed E-state index contributed by atoms with van der Waals surface area (Å²) in [7, 11) is 0. The summed E-state index contributed by atoms with van der Waals surface area (Å²) in [4.78, 5) is 15.2. The second-order valence-electron chi connectivity index (χ2n) is 7.51. The van der Waals surface area contributed by atoms with Crippen molar-refractivity contribution in [1.29, 1.82) is 0 Å². The van der Waals surface area contributed by atoms with Gasteiger partial charge in [0.1, 0.15) is 12.4 Å². The molecule has 1 fully saturated rings. The third kappa shape index (κ3) is 7.61. The van der Waals surface area contributed by atoms with E-state index in [2.05, 4.69) is 39.8 Å². The van der Waals surface area contributed by atoms with Gasteiger partial charge < -0.3 is 14.8 Å². The number of piperidine rings is 1. The Morgan fingerprint density at radius 1 is 1.06 bits per heavy atom. The number of hydrogen-bond donors (Lipinski definition) is 2. The zero-order valence-corrected chi connectivity index (χ0v) is 18.8. The van der Waals surface area contributed by atoms with E-state index in [0.29, 0.717) is 36.2 Å². The summed E-state index contributed by atoms with van der Waals surface area (Å²) in [5, 5.41) is 6.45. The topological polar surface area (TPSA) is 62.8 Å². The number of likely N-dealkylation sites (tertiary alicyclic amines) is 1. The van der Waals surface area contributed by atoms with Crippen LogP contribution in [0.25, 0.3) is 0 Å². The molecule has 2 aromatic rings. The second-order valence-corrected chi connectivity index (χ2v) is 7.91. The molecule has 1 saturated heterocycles. The smallest absolute Gasteiger partial charge is 0.261 e. The van der Waals surface area contributed by atoms with Crippen LogP contribution in [0.15, 0.2) is 54.6 Å². The van der Waals surface area contributed by atoms with Crippen LogP contribution >= 0.6 is 12.2 Å². The highest BCUT2D eigenvalue weighted by atomic mass is 32.1. The minimum absolute atomic E-state index is 0.262. The number of benzene rings is 2. The lowest BCUT2D eigenvalue weighted by atomic mass is 10.0. The van der Waals surface area contributed by atoms with E-state index in [4.69, 9.17) is 21.7 Å². The van der Waals surface area contributed by atoms with E-state index in [1.807, 2.05) is 25.1 Å². The fourth-order valence-corrected chi connectivity index (χ4v) is 3.86. The minimum atomic E-state index is -0.272. The molecule has 2 aromatic carbocycles. The lowest BCUT2D eigenvalue weighted by molar-refractivity contribution is 0.0957. The van der Waals surface area contributed by atoms with Crippen LogP contribution in [0, 0.1) is 0 Å². The van der Waals surface area contributed by atoms with Gasteiger partial charge in [-0.3, -0.25) is 15.0 Å². The molecule has 1 aliphatic rings. The zero-order valence-electron chi connectivity index (χ0n) is 18.0. The predicted molar refractivity (Wildman–Crippen MR) is 126 cm³/mol. The first-order chi connectivity index (χ1) is 15.2. The molecule has 0 unspecified atom stereocenters. The van der Waals surface area contributed by atoms with Crippen molar-refractivity contribution in [2.75, 3.05) is 32.9 Å². The summed E-state index contributed by atoms with van der Waals surface area (Å²) in [5.74, 6) is 0.253. The molecule has 0 aliphatic carbocycles. The molecule has 0 radical (unpaired) electrons. The normalized spacial score (nSPS) is 14.7. The van der Waals surface area contributed by atoms with Crippen LogP contribution in [-0.4, -0.2) is 54.9 Å². The largest absolute Gasteiger partial charge is 0.490 e. The summed E-state index contributed by atoms with van der Waals surface area (Å²) in [6.45, 7) is 6.41. The Morgan fingerprint density at radius 2 is 1.77 bits per heavy atom. The maximum absolute atomic E-state index is 12.7. The molecular weight excluding hydrogens is 410 g/mol. The fraction of sp³-hybridized carbons (Fsp3) is 0.417. The Morgan fingerprint density at radius 3 is 2.52 bits per heavy atom. The molecule has 3 rings (SSSR count). The number of thiocarbonyl (C=S) groups is 1. The summed E-state index contributed by atoms with van der Waals surface area (Å²) < 4.78 is 11.0. The molecule has 1 amide bonds. The van der Waals surface area contributed by atoms with Crippen molar-refractivity contribution >= 4 is 23.2 Å². The van der Waals surface area contributed by atoms with Crippen molar-refractivity contribution < 1.29 is 14.3 Å². The first-order valence-corrected chi connectivity index (χ1v) is 11.2. The van der Waals surface area contributed by atoms with E-state index in [9.17, 15) is 4.79 Å². The van der Waals surface area contributed by atoms with E-state index in [1.165, 1.54) is 5.56 Å². The molecule has 0 saturated carbocycles. The number of rotatable bonds is 9. The third-order valence-electron chi connectivity index (χ3n) is 5.22. The highest BCUT2D eigenvalue weighted by Gasteiger charge is 2.21. The highest BCUT2D eigenvalue weighted by Crippen LogP contribution is 2.18. The second kappa shape index (κ2) is 12.4. The molecule has 1 heterocycles. The molecular formula is C24H31N3O3S. The Kier molecular flexibility index (Phi) is 9.27. The van der Waals surface area contributed by atoms with Crippen molar-refractivity contribution in [1.82, 2.24) is 15.5 Å². The molecule has 0 atom stereocenters. The van der Waals surface area contributed by atoms with Crippen LogP contribution in [0.3, 0.4) is 0 Å². The standard InChI is InChI=1S/C24H31N3O3S/c1-2-29-16-17-30-22-11-7-6-10-21(22)23(28)26-24(31)25-20-12-14-27(15-13-20)18-19-8-4-3-5-9-19/h3-11,20H,2,12-18H2,1H3,(H2,25,26,28,31). The van der Waals surface area contributed by atoms with Gasteiger partial charge in [-0.05, 0) is 49.7 Å². The van der Waals surface area contributed by atoms with Gasteiger partial charge in [0.2, 0.25) is 0 Å². The van der Waals surface area contributed by atoms with Crippen molar-refractivity contribution in [2.24, 2.45) is 0 Å². The monoisotopic (exact) mass is 441 g/mol. The van der Waals surface area contributed by atoms with Crippen molar-refractivity contribution in [3.63, 3.8) is 0 Å². The van der Waals surface area contributed by atoms with Crippen molar-refractivity contribution in [3.05, 3.63) is 65.7 Å². The van der Waals surface area contributed by atoms with Gasteiger partial charge in [-0.1, -0.05) is 42.5 Å². The van der Waals surface area contributed by atoms with E-state index in [0.717, 1.165) is 32.5 Å². The van der Waals surface area contributed by atoms with E-state index in [-0.39, 0.29) is 11.9 Å². The summed E-state index contributed by atoms with van der Waals surface area (Å²) in [6, 6.07) is 17.9. The molecule has 0 bridgehead atoms. The number of nitrogens with zero attached hydrogens (tertiary/aromatic N) is 1. The number of amides is 1. The number of ether oxygens (including phenoxy) is 2. The average Bonchev–Trinajstić information content (AvgIpc) is 2.79. The van der Waals surface area contributed by atoms with Gasteiger partial charge in [0, 0.05) is 32.3 Å². The predicted octanol–water partition coefficient (Wildman–Crippen LogP) is 3.37. The van der Waals surface area contributed by atoms with Crippen LogP contribution in [0.4, 0.5) is 0 Å². The fourth-order valence-electron chi connectivity index (χ4n) is 3.60. The van der Waals surface area contributed by atoms with Gasteiger partial charge in [0.15, 0.2) is 5.11 Å². The molecule has 0 spiro atoms. The summed E-state index contributed by atoms with van der Waals surface area (Å²) in [5.41, 5.74) is 1.79. The van der Waals surface area contributed by atoms with E-state index in [1.54, 1.807) is 12.1 Å². The number of para-hydroxylation sites is 1. The summed E-state index contributed by atoms with van der Waals surface area (Å²) in [6.07, 6.45) is 1.97. The van der Waals surface area contributed by atoms with Gasteiger partial charge in [0.25, 0.3) is 5.91 Å². The SMILES string of the molecule is CCOCCOc1ccccc1C(=O)NC(=S)NC1CCN(Cc2ccccc2)CC1. The molecule has 0 aromatic heterocycles.